The lowest BCUT2D eigenvalue weighted by molar-refractivity contribution is 0.00736. The monoisotopic (exact) mass is 414 g/mol. The van der Waals surface area contributed by atoms with Gasteiger partial charge in [-0.15, -0.1) is 0 Å². The molecule has 1 amide bonds. The molecule has 1 saturated carbocycles. The number of anilines is 1. The molecule has 1 unspecified atom stereocenters. The number of piperidine rings is 1. The third-order valence-corrected chi connectivity index (χ3v) is 5.93. The van der Waals surface area contributed by atoms with E-state index < -0.39 is 5.60 Å². The van der Waals surface area contributed by atoms with Crippen LogP contribution in [0.25, 0.3) is 10.4 Å². The molecule has 2 atom stereocenters. The zero-order chi connectivity index (χ0) is 21.7. The molecule has 8 nitrogen and oxygen atoms in total. The first-order valence-corrected chi connectivity index (χ1v) is 11.0. The molecule has 1 aliphatic heterocycles. The summed E-state index contributed by atoms with van der Waals surface area (Å²) >= 11 is 0. The molecular weight excluding hydrogens is 380 g/mol. The van der Waals surface area contributed by atoms with Crippen molar-refractivity contribution in [2.24, 2.45) is 11.0 Å². The lowest BCUT2D eigenvalue weighted by Gasteiger charge is -2.43. The molecule has 164 valence electrons. The number of aromatic nitrogens is 1. The van der Waals surface area contributed by atoms with Crippen LogP contribution >= 0.6 is 0 Å². The Morgan fingerprint density at radius 2 is 2.13 bits per heavy atom. The first-order chi connectivity index (χ1) is 14.3. The smallest absolute Gasteiger partial charge is 0.410 e. The number of carbonyl (C=O) groups is 1. The molecular formula is C22H34N6O2. The maximum absolute atomic E-state index is 13.0. The van der Waals surface area contributed by atoms with Crippen LogP contribution in [0, 0.1) is 5.92 Å². The van der Waals surface area contributed by atoms with Gasteiger partial charge in [-0.05, 0) is 70.0 Å². The summed E-state index contributed by atoms with van der Waals surface area (Å²) in [7, 11) is 0. The molecule has 8 heteroatoms. The maximum atomic E-state index is 13.0. The predicted octanol–water partition coefficient (Wildman–Crippen LogP) is 5.46. The third kappa shape index (κ3) is 5.79. The quantitative estimate of drug-likeness (QED) is 0.351. The minimum Gasteiger partial charge on any atom is -0.444 e. The van der Waals surface area contributed by atoms with Gasteiger partial charge in [-0.25, -0.2) is 4.79 Å². The number of hydrogen-bond acceptors (Lipinski definition) is 5. The minimum atomic E-state index is -0.494. The molecule has 1 aromatic rings. The van der Waals surface area contributed by atoms with E-state index in [0.29, 0.717) is 5.92 Å². The number of hydrogen-bond donors (Lipinski definition) is 0. The zero-order valence-corrected chi connectivity index (χ0v) is 18.6. The molecule has 2 heterocycles. The molecule has 30 heavy (non-hydrogen) atoms. The van der Waals surface area contributed by atoms with Crippen LogP contribution in [0.5, 0.6) is 0 Å². The van der Waals surface area contributed by atoms with Gasteiger partial charge >= 0.3 is 6.09 Å². The van der Waals surface area contributed by atoms with Crippen LogP contribution in [0.4, 0.5) is 10.5 Å². The normalized spacial score (nSPS) is 20.7. The number of carbonyl (C=O) groups excluding carboxylic acids is 1. The molecule has 1 aliphatic carbocycles. The SMILES string of the molecule is CC(N=[N+]=[N-])c1ccc(N2CCC[C@@H](N(CC3CCC3)C(=O)OC(C)(C)C)C2)cn1. The van der Waals surface area contributed by atoms with Crippen molar-refractivity contribution in [3.8, 4) is 0 Å². The van der Waals surface area contributed by atoms with E-state index in [1.165, 1.54) is 19.3 Å². The Kier molecular flexibility index (Phi) is 7.08. The van der Waals surface area contributed by atoms with Gasteiger partial charge in [-0.2, -0.15) is 0 Å². The van der Waals surface area contributed by atoms with E-state index in [4.69, 9.17) is 10.3 Å². The molecule has 0 N–H and O–H groups in total. The van der Waals surface area contributed by atoms with Crippen molar-refractivity contribution in [3.63, 3.8) is 0 Å². The van der Waals surface area contributed by atoms with Gasteiger partial charge < -0.3 is 14.5 Å². The van der Waals surface area contributed by atoms with Crippen LogP contribution in [0.3, 0.4) is 0 Å². The Morgan fingerprint density at radius 3 is 2.70 bits per heavy atom. The van der Waals surface area contributed by atoms with Crippen molar-refractivity contribution in [2.75, 3.05) is 24.5 Å². The molecule has 0 radical (unpaired) electrons. The van der Waals surface area contributed by atoms with E-state index in [1.54, 1.807) is 0 Å². The first-order valence-electron chi connectivity index (χ1n) is 11.0. The van der Waals surface area contributed by atoms with Crippen molar-refractivity contribution in [1.29, 1.82) is 0 Å². The number of azide groups is 1. The van der Waals surface area contributed by atoms with Gasteiger partial charge in [0.05, 0.1) is 24.0 Å². The van der Waals surface area contributed by atoms with E-state index in [9.17, 15) is 4.79 Å². The molecule has 1 aromatic heterocycles. The van der Waals surface area contributed by atoms with E-state index in [-0.39, 0.29) is 18.2 Å². The third-order valence-electron chi connectivity index (χ3n) is 5.93. The summed E-state index contributed by atoms with van der Waals surface area (Å²) < 4.78 is 5.74. The second-order valence-corrected chi connectivity index (χ2v) is 9.49. The summed E-state index contributed by atoms with van der Waals surface area (Å²) in [5.74, 6) is 0.594. The number of rotatable bonds is 6. The fourth-order valence-electron chi connectivity index (χ4n) is 4.06. The van der Waals surface area contributed by atoms with Crippen LogP contribution in [0.15, 0.2) is 23.4 Å². The Hall–Kier alpha value is -2.47. The van der Waals surface area contributed by atoms with Crippen LogP contribution in [-0.2, 0) is 4.74 Å². The minimum absolute atomic E-state index is 0.135. The van der Waals surface area contributed by atoms with E-state index in [1.807, 2.05) is 50.9 Å². The van der Waals surface area contributed by atoms with Crippen molar-refractivity contribution in [1.82, 2.24) is 9.88 Å². The summed E-state index contributed by atoms with van der Waals surface area (Å²) in [6, 6.07) is 3.79. The van der Waals surface area contributed by atoms with Crippen molar-refractivity contribution in [2.45, 2.75) is 77.5 Å². The number of nitrogens with zero attached hydrogens (tertiary/aromatic N) is 6. The molecule has 2 fully saturated rings. The molecule has 0 spiro atoms. The molecule has 2 aliphatic rings. The standard InChI is InChI=1S/C22H34N6O2/c1-16(25-26-23)20-11-10-18(13-24-20)27-12-6-9-19(15-27)28(14-17-7-5-8-17)21(29)30-22(2,3)4/h10-11,13,16-17,19H,5-9,12,14-15H2,1-4H3/t16?,19-/m1/s1. The van der Waals surface area contributed by atoms with Crippen LogP contribution in [-0.4, -0.2) is 47.3 Å². The fourth-order valence-corrected chi connectivity index (χ4v) is 4.06. The van der Waals surface area contributed by atoms with Gasteiger partial charge in [0, 0.05) is 30.2 Å². The number of pyridine rings is 1. The Balaban J connectivity index is 1.71. The average molecular weight is 415 g/mol. The Bertz CT molecular complexity index is 765. The van der Waals surface area contributed by atoms with Crippen LogP contribution in [0.2, 0.25) is 0 Å². The van der Waals surface area contributed by atoms with E-state index in [2.05, 4.69) is 19.9 Å². The van der Waals surface area contributed by atoms with Gasteiger partial charge in [-0.3, -0.25) is 4.98 Å². The second kappa shape index (κ2) is 9.56. The summed E-state index contributed by atoms with van der Waals surface area (Å²) in [5, 5.41) is 3.71. The molecule has 0 aromatic carbocycles. The van der Waals surface area contributed by atoms with Crippen molar-refractivity contribution >= 4 is 11.8 Å². The summed E-state index contributed by atoms with van der Waals surface area (Å²) in [5.41, 5.74) is 9.91. The van der Waals surface area contributed by atoms with Gasteiger partial charge in [0.15, 0.2) is 0 Å². The number of ether oxygens (including phenoxy) is 1. The highest BCUT2D eigenvalue weighted by Crippen LogP contribution is 2.31. The highest BCUT2D eigenvalue weighted by atomic mass is 16.6. The van der Waals surface area contributed by atoms with Crippen LogP contribution in [0.1, 0.15) is 71.5 Å². The number of amides is 1. The highest BCUT2D eigenvalue weighted by molar-refractivity contribution is 5.69. The van der Waals surface area contributed by atoms with Crippen LogP contribution < -0.4 is 4.90 Å². The topological polar surface area (TPSA) is 94.4 Å². The summed E-state index contributed by atoms with van der Waals surface area (Å²) in [4.78, 5) is 24.6. The fraction of sp³-hybridized carbons (Fsp3) is 0.727. The maximum Gasteiger partial charge on any atom is 0.410 e. The van der Waals surface area contributed by atoms with Gasteiger partial charge in [0.2, 0.25) is 0 Å². The van der Waals surface area contributed by atoms with Crippen molar-refractivity contribution in [3.05, 3.63) is 34.5 Å². The predicted molar refractivity (Wildman–Crippen MR) is 117 cm³/mol. The Morgan fingerprint density at radius 1 is 1.37 bits per heavy atom. The highest BCUT2D eigenvalue weighted by Gasteiger charge is 2.34. The van der Waals surface area contributed by atoms with Gasteiger partial charge in [0.25, 0.3) is 0 Å². The lowest BCUT2D eigenvalue weighted by Crippen LogP contribution is -2.53. The molecule has 0 bridgehead atoms. The van der Waals surface area contributed by atoms with Crippen molar-refractivity contribution < 1.29 is 9.53 Å². The zero-order valence-electron chi connectivity index (χ0n) is 18.6. The lowest BCUT2D eigenvalue weighted by atomic mass is 9.84. The van der Waals surface area contributed by atoms with Gasteiger partial charge in [-0.1, -0.05) is 18.5 Å². The first kappa shape index (κ1) is 22.2. The van der Waals surface area contributed by atoms with Gasteiger partial charge in [0.1, 0.15) is 5.60 Å². The average Bonchev–Trinajstić information content (AvgIpc) is 2.66. The molecule has 1 saturated heterocycles. The molecule has 3 rings (SSSR count). The van der Waals surface area contributed by atoms with E-state index in [0.717, 1.165) is 43.9 Å². The summed E-state index contributed by atoms with van der Waals surface area (Å²) in [6.07, 6.45) is 7.31. The Labute approximate surface area is 179 Å². The summed E-state index contributed by atoms with van der Waals surface area (Å²) in [6.45, 7) is 10.1. The second-order valence-electron chi connectivity index (χ2n) is 9.49. The van der Waals surface area contributed by atoms with E-state index >= 15 is 0 Å². The largest absolute Gasteiger partial charge is 0.444 e.